The minimum atomic E-state index is -2.91. The molecule has 0 radical (unpaired) electrons. The number of benzene rings is 1. The van der Waals surface area contributed by atoms with Crippen molar-refractivity contribution < 1.29 is 18.2 Å². The Balaban J connectivity index is 1.97. The Morgan fingerprint density at radius 2 is 1.96 bits per heavy atom. The molecule has 2 aromatic rings. The molecule has 1 N–H and O–H groups in total. The van der Waals surface area contributed by atoms with Crippen molar-refractivity contribution in [1.82, 2.24) is 0 Å². The first kappa shape index (κ1) is 16.8. The van der Waals surface area contributed by atoms with E-state index in [0.717, 1.165) is 19.0 Å². The average Bonchev–Trinajstić information content (AvgIpc) is 3.36. The molecule has 1 aliphatic heterocycles. The van der Waals surface area contributed by atoms with Crippen LogP contribution in [0.5, 0.6) is 0 Å². The highest BCUT2D eigenvalue weighted by Gasteiger charge is 2.54. The lowest BCUT2D eigenvalue weighted by Crippen LogP contribution is -2.46. The molecule has 1 aromatic heterocycles. The van der Waals surface area contributed by atoms with Gasteiger partial charge in [-0.15, -0.1) is 0 Å². The van der Waals surface area contributed by atoms with Gasteiger partial charge in [0.05, 0.1) is 17.2 Å². The average molecular weight is 387 g/mol. The quantitative estimate of drug-likeness (QED) is 0.615. The second kappa shape index (κ2) is 5.97. The van der Waals surface area contributed by atoms with Gasteiger partial charge in [-0.1, -0.05) is 23.2 Å². The Bertz CT molecular complexity index is 846. The molecule has 1 atom stereocenters. The van der Waals surface area contributed by atoms with E-state index < -0.39 is 12.0 Å². The standard InChI is InChI=1S/C17H14Cl2F2N2O2/c18-10-3-4-14-12(5-10)17(16(20)21,25-8-9-1-2-9)13-6-11(19)7-23(24)15(13)22-14/h3-7,9,16,22H,1-2,8H2. The fourth-order valence-corrected chi connectivity index (χ4v) is 3.51. The van der Waals surface area contributed by atoms with Crippen LogP contribution in [-0.2, 0) is 10.3 Å². The third-order valence-electron chi connectivity index (χ3n) is 4.58. The number of rotatable bonds is 4. The molecule has 2 aliphatic rings. The van der Waals surface area contributed by atoms with Crippen LogP contribution >= 0.6 is 23.2 Å². The molecule has 0 amide bonds. The summed E-state index contributed by atoms with van der Waals surface area (Å²) < 4.78 is 35.2. The second-order valence-corrected chi connectivity index (χ2v) is 7.22. The maximum Gasteiger partial charge on any atom is 0.289 e. The number of halogens is 4. The smallest absolute Gasteiger partial charge is 0.289 e. The molecule has 1 aromatic carbocycles. The molecule has 1 unspecified atom stereocenters. The molecular formula is C17H14Cl2F2N2O2. The van der Waals surface area contributed by atoms with E-state index in [1.165, 1.54) is 12.1 Å². The Morgan fingerprint density at radius 1 is 1.24 bits per heavy atom. The molecular weight excluding hydrogens is 373 g/mol. The summed E-state index contributed by atoms with van der Waals surface area (Å²) in [4.78, 5) is 0. The zero-order valence-electron chi connectivity index (χ0n) is 12.9. The maximum atomic E-state index is 14.4. The molecule has 1 saturated carbocycles. The number of pyridine rings is 1. The fourth-order valence-electron chi connectivity index (χ4n) is 3.14. The lowest BCUT2D eigenvalue weighted by molar-refractivity contribution is -0.590. The first-order chi connectivity index (χ1) is 11.9. The van der Waals surface area contributed by atoms with Gasteiger partial charge in [-0.2, -0.15) is 0 Å². The van der Waals surface area contributed by atoms with E-state index in [1.807, 2.05) is 0 Å². The summed E-state index contributed by atoms with van der Waals surface area (Å²) in [5.74, 6) is 0.241. The molecule has 0 bridgehead atoms. The van der Waals surface area contributed by atoms with Crippen LogP contribution < -0.4 is 10.0 Å². The van der Waals surface area contributed by atoms with Gasteiger partial charge >= 0.3 is 0 Å². The minimum Gasteiger partial charge on any atom is -0.711 e. The van der Waals surface area contributed by atoms with Gasteiger partial charge in [0, 0.05) is 10.6 Å². The SMILES string of the molecule is [O-][n+]1cc(Cl)cc2c1Nc1ccc(Cl)cc1C2(OCC1CC1)C(F)F. The van der Waals surface area contributed by atoms with Crippen LogP contribution in [0.4, 0.5) is 20.3 Å². The summed E-state index contributed by atoms with van der Waals surface area (Å²) in [6, 6.07) is 5.93. The lowest BCUT2D eigenvalue weighted by atomic mass is 9.82. The maximum absolute atomic E-state index is 14.4. The van der Waals surface area contributed by atoms with Crippen molar-refractivity contribution in [2.24, 2.45) is 5.92 Å². The van der Waals surface area contributed by atoms with Gasteiger partial charge in [0.1, 0.15) is 11.9 Å². The first-order valence-corrected chi connectivity index (χ1v) is 8.59. The molecule has 8 heteroatoms. The number of fused-ring (bicyclic) bond motifs is 2. The van der Waals surface area contributed by atoms with E-state index >= 15 is 0 Å². The highest BCUT2D eigenvalue weighted by Crippen LogP contribution is 2.50. The monoisotopic (exact) mass is 386 g/mol. The summed E-state index contributed by atoms with van der Waals surface area (Å²) in [6.45, 7) is 0.182. The van der Waals surface area contributed by atoms with E-state index in [-0.39, 0.29) is 34.5 Å². The van der Waals surface area contributed by atoms with E-state index in [1.54, 1.807) is 12.1 Å². The van der Waals surface area contributed by atoms with Crippen LogP contribution in [0, 0.1) is 11.1 Å². The second-order valence-electron chi connectivity index (χ2n) is 6.35. The van der Waals surface area contributed by atoms with E-state index in [0.29, 0.717) is 15.4 Å². The third-order valence-corrected chi connectivity index (χ3v) is 5.03. The lowest BCUT2D eigenvalue weighted by Gasteiger charge is -2.38. The van der Waals surface area contributed by atoms with Gasteiger partial charge in [0.25, 0.3) is 12.2 Å². The van der Waals surface area contributed by atoms with Crippen molar-refractivity contribution in [3.63, 3.8) is 0 Å². The molecule has 1 aliphatic carbocycles. The summed E-state index contributed by atoms with van der Waals surface area (Å²) >= 11 is 12.0. The Morgan fingerprint density at radius 3 is 2.64 bits per heavy atom. The largest absolute Gasteiger partial charge is 0.711 e. The number of ether oxygens (including phenoxy) is 1. The Kier molecular flexibility index (Phi) is 4.02. The van der Waals surface area contributed by atoms with Crippen molar-refractivity contribution >= 4 is 34.7 Å². The normalized spacial score (nSPS) is 21.6. The highest BCUT2D eigenvalue weighted by atomic mass is 35.5. The number of nitrogens with one attached hydrogen (secondary N) is 1. The predicted molar refractivity (Wildman–Crippen MR) is 90.6 cm³/mol. The zero-order valence-corrected chi connectivity index (χ0v) is 14.5. The molecule has 2 heterocycles. The predicted octanol–water partition coefficient (Wildman–Crippen LogP) is 4.62. The Hall–Kier alpha value is -1.63. The van der Waals surface area contributed by atoms with Crippen LogP contribution in [-0.4, -0.2) is 13.0 Å². The van der Waals surface area contributed by atoms with E-state index in [2.05, 4.69) is 5.32 Å². The van der Waals surface area contributed by atoms with Gasteiger partial charge < -0.3 is 9.94 Å². The van der Waals surface area contributed by atoms with Crippen molar-refractivity contribution in [3.05, 3.63) is 56.8 Å². The third kappa shape index (κ3) is 2.72. The van der Waals surface area contributed by atoms with Gasteiger partial charge in [0.2, 0.25) is 0 Å². The molecule has 132 valence electrons. The summed E-state index contributed by atoms with van der Waals surface area (Å²) in [7, 11) is 0. The number of aromatic nitrogens is 1. The van der Waals surface area contributed by atoms with Crippen LogP contribution in [0.3, 0.4) is 0 Å². The van der Waals surface area contributed by atoms with Crippen molar-refractivity contribution in [1.29, 1.82) is 0 Å². The minimum absolute atomic E-state index is 0.0143. The molecule has 4 nitrogen and oxygen atoms in total. The number of anilines is 2. The number of hydrogen-bond acceptors (Lipinski definition) is 3. The zero-order chi connectivity index (χ0) is 17.8. The van der Waals surface area contributed by atoms with Crippen LogP contribution in [0.1, 0.15) is 24.0 Å². The van der Waals surface area contributed by atoms with Crippen molar-refractivity contribution in [3.8, 4) is 0 Å². The van der Waals surface area contributed by atoms with Gasteiger partial charge in [-0.25, -0.2) is 18.8 Å². The molecule has 0 saturated heterocycles. The fraction of sp³-hybridized carbons (Fsp3) is 0.353. The first-order valence-electron chi connectivity index (χ1n) is 7.84. The highest BCUT2D eigenvalue weighted by molar-refractivity contribution is 6.31. The van der Waals surface area contributed by atoms with E-state index in [9.17, 15) is 14.0 Å². The molecule has 25 heavy (non-hydrogen) atoms. The van der Waals surface area contributed by atoms with Crippen LogP contribution in [0.2, 0.25) is 10.0 Å². The van der Waals surface area contributed by atoms with Crippen LogP contribution in [0.25, 0.3) is 0 Å². The Labute approximate surface area is 152 Å². The number of nitrogens with zero attached hydrogens (tertiary/aromatic N) is 1. The topological polar surface area (TPSA) is 48.2 Å². The van der Waals surface area contributed by atoms with Crippen molar-refractivity contribution in [2.75, 3.05) is 11.9 Å². The number of hydrogen-bond donors (Lipinski definition) is 1. The molecule has 0 spiro atoms. The van der Waals surface area contributed by atoms with E-state index in [4.69, 9.17) is 27.9 Å². The summed E-state index contributed by atoms with van der Waals surface area (Å²) in [6.07, 6.45) is 0.0991. The van der Waals surface area contributed by atoms with Gasteiger partial charge in [0.15, 0.2) is 5.60 Å². The number of alkyl halides is 2. The van der Waals surface area contributed by atoms with Crippen LogP contribution in [0.15, 0.2) is 30.5 Å². The van der Waals surface area contributed by atoms with Crippen molar-refractivity contribution in [2.45, 2.75) is 24.9 Å². The summed E-state index contributed by atoms with van der Waals surface area (Å²) in [5, 5.41) is 15.5. The van der Waals surface area contributed by atoms with Gasteiger partial charge in [-0.05, 0) is 43.0 Å². The molecule has 1 fully saturated rings. The summed E-state index contributed by atoms with van der Waals surface area (Å²) in [5.41, 5.74) is -1.52. The molecule has 4 rings (SSSR count). The van der Waals surface area contributed by atoms with Gasteiger partial charge in [-0.3, -0.25) is 0 Å².